The molecule has 4 unspecified atom stereocenters. The second-order valence-electron chi connectivity index (χ2n) is 22.0. The molecule has 0 aromatic rings. The summed E-state index contributed by atoms with van der Waals surface area (Å²) < 4.78 is 24.3. The maximum absolute atomic E-state index is 14.0. The minimum Gasteiger partial charge on any atom is -0.464 e. The number of nitrogens with zero attached hydrogens (tertiary/aromatic N) is 2. The van der Waals surface area contributed by atoms with Gasteiger partial charge in [0.25, 0.3) is 0 Å². The third-order valence-electron chi connectivity index (χ3n) is 13.1. The molecule has 4 N–H and O–H groups in total. The van der Waals surface area contributed by atoms with Gasteiger partial charge in [-0.1, -0.05) is 0 Å². The van der Waals surface area contributed by atoms with Crippen LogP contribution < -0.4 is 10.6 Å². The molecule has 0 bridgehead atoms. The largest absolute Gasteiger partial charge is 0.464 e. The van der Waals surface area contributed by atoms with E-state index >= 15 is 0 Å². The first-order valence-electron chi connectivity index (χ1n) is 19.9. The maximum atomic E-state index is 14.0. The molecule has 4 rings (SSSR count). The summed E-state index contributed by atoms with van der Waals surface area (Å²) in [6.45, 7) is 28.6. The van der Waals surface area contributed by atoms with E-state index in [1.54, 1.807) is 27.7 Å². The Kier molecular flexibility index (Phi) is 11.9. The number of esters is 4. The molecule has 14 heteroatoms. The Morgan fingerprint density at radius 2 is 0.745 bits per heavy atom. The lowest BCUT2D eigenvalue weighted by molar-refractivity contribution is -0.203. The Labute approximate surface area is 329 Å². The summed E-state index contributed by atoms with van der Waals surface area (Å²) in [6.07, 6.45) is 1.65. The molecule has 0 spiro atoms. The lowest BCUT2D eigenvalue weighted by Crippen LogP contribution is -2.51. The van der Waals surface area contributed by atoms with E-state index in [1.807, 2.05) is 83.1 Å². The van der Waals surface area contributed by atoms with Crippen LogP contribution in [0.1, 0.15) is 136 Å². The van der Waals surface area contributed by atoms with Crippen molar-refractivity contribution < 1.29 is 48.5 Å². The molecule has 4 aliphatic rings. The Bertz CT molecular complexity index is 1390. The molecule has 0 aliphatic carbocycles. The zero-order chi connectivity index (χ0) is 42.2. The van der Waals surface area contributed by atoms with Crippen molar-refractivity contribution in [1.29, 1.82) is 0 Å². The zero-order valence-corrected chi connectivity index (χ0v) is 36.5. The molecule has 4 heterocycles. The highest BCUT2D eigenvalue weighted by Gasteiger charge is 2.57. The fourth-order valence-electron chi connectivity index (χ4n) is 10.1. The number of hydrogen-bond acceptors (Lipinski definition) is 14. The van der Waals surface area contributed by atoms with Gasteiger partial charge in [0.1, 0.15) is 31.8 Å². The van der Waals surface area contributed by atoms with Crippen LogP contribution in [0.2, 0.25) is 0 Å². The third-order valence-corrected chi connectivity index (χ3v) is 13.1. The number of hydrogen-bond donors (Lipinski definition) is 4. The predicted octanol–water partition coefficient (Wildman–Crippen LogP) is 5.02. The highest BCUT2D eigenvalue weighted by atomic mass is 16.6. The SMILES string of the molecule is CC1(C)CC(C(=O)OCC(COC(=O)C2CC(C)(C)NC2(C)C)(COC(=O)C2CC(C)(C)N(O)C2(C)C)COC(=O)C2CC(C)(C)N(O)C2(C)C)C(C)(C)N1. The van der Waals surface area contributed by atoms with Crippen molar-refractivity contribution in [2.75, 3.05) is 26.4 Å². The van der Waals surface area contributed by atoms with Gasteiger partial charge in [0, 0.05) is 33.2 Å². The summed E-state index contributed by atoms with van der Waals surface area (Å²) in [7, 11) is 0. The molecule has 0 radical (unpaired) electrons. The van der Waals surface area contributed by atoms with Crippen molar-refractivity contribution >= 4 is 23.9 Å². The highest BCUT2D eigenvalue weighted by Crippen LogP contribution is 2.46. The van der Waals surface area contributed by atoms with Crippen molar-refractivity contribution in [3.05, 3.63) is 0 Å². The van der Waals surface area contributed by atoms with Crippen LogP contribution in [0.4, 0.5) is 0 Å². The molecule has 0 aromatic heterocycles. The van der Waals surface area contributed by atoms with Crippen LogP contribution in [0.5, 0.6) is 0 Å². The minimum absolute atomic E-state index is 0.310. The molecule has 4 aliphatic heterocycles. The van der Waals surface area contributed by atoms with Gasteiger partial charge in [0.05, 0.1) is 34.7 Å². The van der Waals surface area contributed by atoms with Gasteiger partial charge in [-0.3, -0.25) is 19.2 Å². The van der Waals surface area contributed by atoms with Gasteiger partial charge in [-0.15, -0.1) is 0 Å². The molecule has 4 atom stereocenters. The number of nitrogens with one attached hydrogen (secondary N) is 2. The Morgan fingerprint density at radius 3 is 0.945 bits per heavy atom. The van der Waals surface area contributed by atoms with E-state index in [1.165, 1.54) is 10.1 Å². The monoisotopic (exact) mass is 781 g/mol. The average Bonchev–Trinajstić information content (AvgIpc) is 3.55. The van der Waals surface area contributed by atoms with Crippen LogP contribution in [0.3, 0.4) is 0 Å². The number of ether oxygens (including phenoxy) is 4. The summed E-state index contributed by atoms with van der Waals surface area (Å²) in [5, 5.41) is 31.3. The van der Waals surface area contributed by atoms with Gasteiger partial charge in [-0.2, -0.15) is 10.1 Å². The van der Waals surface area contributed by atoms with Crippen LogP contribution in [0.25, 0.3) is 0 Å². The van der Waals surface area contributed by atoms with Crippen LogP contribution >= 0.6 is 0 Å². The minimum atomic E-state index is -1.51. The fourth-order valence-corrected chi connectivity index (χ4v) is 10.1. The molecular weight excluding hydrogens is 708 g/mol. The maximum Gasteiger partial charge on any atom is 0.310 e. The van der Waals surface area contributed by atoms with Crippen LogP contribution in [0.15, 0.2) is 0 Å². The summed E-state index contributed by atoms with van der Waals surface area (Å²) >= 11 is 0. The van der Waals surface area contributed by atoms with E-state index in [9.17, 15) is 29.6 Å². The molecule has 55 heavy (non-hydrogen) atoms. The molecule has 0 aromatic carbocycles. The summed E-state index contributed by atoms with van der Waals surface area (Å²) in [5.41, 5.74) is -6.69. The highest BCUT2D eigenvalue weighted by molar-refractivity contribution is 5.77. The van der Waals surface area contributed by atoms with Gasteiger partial charge in [-0.05, 0) is 136 Å². The van der Waals surface area contributed by atoms with Crippen molar-refractivity contribution in [1.82, 2.24) is 20.8 Å². The third kappa shape index (κ3) is 9.19. The molecule has 0 saturated carbocycles. The van der Waals surface area contributed by atoms with Gasteiger partial charge in [0.2, 0.25) is 0 Å². The normalized spacial score (nSPS) is 32.0. The average molecular weight is 781 g/mol. The van der Waals surface area contributed by atoms with Crippen molar-refractivity contribution in [3.8, 4) is 0 Å². The number of carbonyl (C=O) groups excluding carboxylic acids is 4. The van der Waals surface area contributed by atoms with E-state index in [2.05, 4.69) is 10.6 Å². The molecular formula is C41H72N4O10. The quantitative estimate of drug-likeness (QED) is 0.154. The van der Waals surface area contributed by atoms with Gasteiger partial charge in [-0.25, -0.2) is 0 Å². The lowest BCUT2D eigenvalue weighted by Gasteiger charge is -2.37. The van der Waals surface area contributed by atoms with Crippen LogP contribution in [-0.2, 0) is 38.1 Å². The van der Waals surface area contributed by atoms with Crippen LogP contribution in [-0.4, -0.2) is 115 Å². The molecule has 0 amide bonds. The standard InChI is InChI=1S/C41H72N4O10/c1-33(2)17-25(37(9,10)42-33)29(46)52-21-41(22-53-30(47)26-18-34(3,4)43-38(26,11)12,23-54-31(48)27-19-35(5,6)44(50)39(27,13)14)24-55-32(49)28-20-36(7,8)45(51)40(28,15)16/h25-28,42-43,50-51H,17-24H2,1-16H3. The van der Waals surface area contributed by atoms with E-state index in [-0.39, 0.29) is 24.3 Å². The molecule has 316 valence electrons. The van der Waals surface area contributed by atoms with Gasteiger partial charge >= 0.3 is 23.9 Å². The molecule has 4 fully saturated rings. The van der Waals surface area contributed by atoms with E-state index in [0.717, 1.165) is 0 Å². The summed E-state index contributed by atoms with van der Waals surface area (Å²) in [5.74, 6) is -4.65. The number of hydroxylamine groups is 4. The molecule has 4 saturated heterocycles. The first kappa shape index (κ1) is 45.3. The zero-order valence-electron chi connectivity index (χ0n) is 36.5. The van der Waals surface area contributed by atoms with Gasteiger partial charge < -0.3 is 40.0 Å². The van der Waals surface area contributed by atoms with E-state index in [4.69, 9.17) is 18.9 Å². The van der Waals surface area contributed by atoms with E-state index in [0.29, 0.717) is 25.7 Å². The lowest BCUT2D eigenvalue weighted by atomic mass is 9.85. The predicted molar refractivity (Wildman–Crippen MR) is 205 cm³/mol. The summed E-state index contributed by atoms with van der Waals surface area (Å²) in [6, 6.07) is 0. The second kappa shape index (κ2) is 14.5. The topological polar surface area (TPSA) is 176 Å². The number of carbonyl (C=O) groups is 4. The van der Waals surface area contributed by atoms with Crippen molar-refractivity contribution in [3.63, 3.8) is 0 Å². The van der Waals surface area contributed by atoms with Crippen molar-refractivity contribution in [2.24, 2.45) is 29.1 Å². The Balaban J connectivity index is 1.68. The van der Waals surface area contributed by atoms with Crippen molar-refractivity contribution in [2.45, 2.75) is 181 Å². The van der Waals surface area contributed by atoms with Crippen LogP contribution in [0, 0.1) is 29.1 Å². The fraction of sp³-hybridized carbons (Fsp3) is 0.902. The Hall–Kier alpha value is -2.36. The smallest absolute Gasteiger partial charge is 0.310 e. The van der Waals surface area contributed by atoms with Gasteiger partial charge in [0.15, 0.2) is 0 Å². The first-order chi connectivity index (χ1) is 24.6. The van der Waals surface area contributed by atoms with E-state index < -0.39 is 99.4 Å². The Morgan fingerprint density at radius 1 is 0.491 bits per heavy atom. The molecule has 14 nitrogen and oxygen atoms in total. The number of rotatable bonds is 12. The first-order valence-corrected chi connectivity index (χ1v) is 19.9. The second-order valence-corrected chi connectivity index (χ2v) is 22.0. The summed E-state index contributed by atoms with van der Waals surface area (Å²) in [4.78, 5) is 55.7.